The van der Waals surface area contributed by atoms with Crippen molar-refractivity contribution in [3.63, 3.8) is 0 Å². The second-order valence-electron chi connectivity index (χ2n) is 7.89. The van der Waals surface area contributed by atoms with E-state index in [4.69, 9.17) is 14.2 Å². The Labute approximate surface area is 167 Å². The Morgan fingerprint density at radius 1 is 1.18 bits per heavy atom. The zero-order valence-electron chi connectivity index (χ0n) is 17.1. The summed E-state index contributed by atoms with van der Waals surface area (Å²) in [5, 5.41) is 2.66. The normalized spacial score (nSPS) is 17.1. The lowest BCUT2D eigenvalue weighted by atomic mass is 10.0. The molecule has 1 fully saturated rings. The van der Waals surface area contributed by atoms with Crippen LogP contribution < -0.4 is 5.32 Å². The number of rotatable bonds is 7. The van der Waals surface area contributed by atoms with Crippen molar-refractivity contribution < 1.29 is 23.8 Å². The number of ether oxygens (including phenoxy) is 3. The standard InChI is InChI=1S/C21H32N2O5/c1-21(2,3)28-19(24)22-12-14-26-16-18-11-7-8-13-23(18)20(25)27-15-17-9-5-4-6-10-17/h4-6,9-10,18H,7-8,11-16H2,1-3H3,(H,22,24). The molecule has 1 heterocycles. The molecule has 0 radical (unpaired) electrons. The molecule has 0 saturated carbocycles. The van der Waals surface area contributed by atoms with Crippen molar-refractivity contribution in [3.05, 3.63) is 35.9 Å². The maximum Gasteiger partial charge on any atom is 0.410 e. The number of carbonyl (C=O) groups excluding carboxylic acids is 2. The highest BCUT2D eigenvalue weighted by atomic mass is 16.6. The van der Waals surface area contributed by atoms with E-state index in [9.17, 15) is 9.59 Å². The fraction of sp³-hybridized carbons (Fsp3) is 0.619. The third-order valence-electron chi connectivity index (χ3n) is 4.29. The fourth-order valence-electron chi connectivity index (χ4n) is 2.98. The van der Waals surface area contributed by atoms with Gasteiger partial charge in [-0.15, -0.1) is 0 Å². The van der Waals surface area contributed by atoms with Gasteiger partial charge < -0.3 is 24.4 Å². The van der Waals surface area contributed by atoms with Crippen molar-refractivity contribution in [2.45, 2.75) is 58.3 Å². The molecule has 1 atom stereocenters. The molecule has 7 nitrogen and oxygen atoms in total. The van der Waals surface area contributed by atoms with E-state index in [0.29, 0.717) is 26.3 Å². The van der Waals surface area contributed by atoms with Gasteiger partial charge in [-0.05, 0) is 45.6 Å². The van der Waals surface area contributed by atoms with Crippen LogP contribution in [0.5, 0.6) is 0 Å². The van der Waals surface area contributed by atoms with Gasteiger partial charge in [-0.1, -0.05) is 30.3 Å². The molecule has 156 valence electrons. The number of piperidine rings is 1. The summed E-state index contributed by atoms with van der Waals surface area (Å²) < 4.78 is 16.3. The Bertz CT molecular complexity index is 615. The van der Waals surface area contributed by atoms with Crippen molar-refractivity contribution >= 4 is 12.2 Å². The average Bonchev–Trinajstić information content (AvgIpc) is 2.65. The van der Waals surface area contributed by atoms with Gasteiger partial charge in [0.25, 0.3) is 0 Å². The van der Waals surface area contributed by atoms with Gasteiger partial charge in [0.05, 0.1) is 19.3 Å². The first kappa shape index (κ1) is 22.0. The monoisotopic (exact) mass is 392 g/mol. The van der Waals surface area contributed by atoms with E-state index in [2.05, 4.69) is 5.32 Å². The molecule has 2 amide bonds. The Morgan fingerprint density at radius 3 is 2.64 bits per heavy atom. The Morgan fingerprint density at radius 2 is 1.93 bits per heavy atom. The molecule has 0 spiro atoms. The molecule has 1 aromatic rings. The predicted octanol–water partition coefficient (Wildman–Crippen LogP) is 3.72. The third-order valence-corrected chi connectivity index (χ3v) is 4.29. The maximum atomic E-state index is 12.5. The predicted molar refractivity (Wildman–Crippen MR) is 106 cm³/mol. The first-order valence-corrected chi connectivity index (χ1v) is 9.87. The van der Waals surface area contributed by atoms with Crippen LogP contribution in [0.25, 0.3) is 0 Å². The fourth-order valence-corrected chi connectivity index (χ4v) is 2.98. The molecule has 1 saturated heterocycles. The molecule has 1 unspecified atom stereocenters. The van der Waals surface area contributed by atoms with Crippen LogP contribution in [0.15, 0.2) is 30.3 Å². The summed E-state index contributed by atoms with van der Waals surface area (Å²) in [7, 11) is 0. The minimum atomic E-state index is -0.520. The SMILES string of the molecule is CC(C)(C)OC(=O)NCCOCC1CCCCN1C(=O)OCc1ccccc1. The number of amides is 2. The van der Waals surface area contributed by atoms with Crippen LogP contribution in [0.3, 0.4) is 0 Å². The summed E-state index contributed by atoms with van der Waals surface area (Å²) in [4.78, 5) is 25.8. The highest BCUT2D eigenvalue weighted by Crippen LogP contribution is 2.19. The molecular formula is C21H32N2O5. The lowest BCUT2D eigenvalue weighted by molar-refractivity contribution is 0.0247. The minimum Gasteiger partial charge on any atom is -0.445 e. The van der Waals surface area contributed by atoms with Crippen LogP contribution in [0.1, 0.15) is 45.6 Å². The quantitative estimate of drug-likeness (QED) is 0.716. The number of likely N-dealkylation sites (tertiary alicyclic amines) is 1. The third kappa shape index (κ3) is 8.17. The van der Waals surface area contributed by atoms with Gasteiger partial charge >= 0.3 is 12.2 Å². The number of nitrogens with zero attached hydrogens (tertiary/aromatic N) is 1. The Hall–Kier alpha value is -2.28. The molecule has 0 aliphatic carbocycles. The summed E-state index contributed by atoms with van der Waals surface area (Å²) >= 11 is 0. The topological polar surface area (TPSA) is 77.1 Å². The van der Waals surface area contributed by atoms with E-state index in [1.54, 1.807) is 4.90 Å². The van der Waals surface area contributed by atoms with Gasteiger partial charge in [0, 0.05) is 13.1 Å². The summed E-state index contributed by atoms with van der Waals surface area (Å²) in [6.07, 6.45) is 2.16. The summed E-state index contributed by atoms with van der Waals surface area (Å²) in [5.74, 6) is 0. The van der Waals surface area contributed by atoms with Crippen LogP contribution in [0, 0.1) is 0 Å². The molecule has 1 aromatic carbocycles. The highest BCUT2D eigenvalue weighted by Gasteiger charge is 2.28. The zero-order valence-corrected chi connectivity index (χ0v) is 17.1. The van der Waals surface area contributed by atoms with Crippen LogP contribution in [0.2, 0.25) is 0 Å². The molecule has 0 bridgehead atoms. The Balaban J connectivity index is 1.69. The van der Waals surface area contributed by atoms with Crippen molar-refractivity contribution in [3.8, 4) is 0 Å². The number of carbonyl (C=O) groups is 2. The Kier molecular flexibility index (Phi) is 8.57. The smallest absolute Gasteiger partial charge is 0.410 e. The molecule has 1 aliphatic rings. The number of nitrogens with one attached hydrogen (secondary N) is 1. The second-order valence-corrected chi connectivity index (χ2v) is 7.89. The van der Waals surface area contributed by atoms with Crippen LogP contribution in [0.4, 0.5) is 9.59 Å². The number of hydrogen-bond acceptors (Lipinski definition) is 5. The van der Waals surface area contributed by atoms with E-state index in [0.717, 1.165) is 24.8 Å². The van der Waals surface area contributed by atoms with Crippen molar-refractivity contribution in [1.29, 1.82) is 0 Å². The summed E-state index contributed by atoms with van der Waals surface area (Å²) in [5.41, 5.74) is 0.446. The van der Waals surface area contributed by atoms with Crippen LogP contribution >= 0.6 is 0 Å². The second kappa shape index (κ2) is 10.9. The van der Waals surface area contributed by atoms with Crippen molar-refractivity contribution in [2.24, 2.45) is 0 Å². The first-order chi connectivity index (χ1) is 13.3. The number of hydrogen-bond donors (Lipinski definition) is 1. The van der Waals surface area contributed by atoms with E-state index in [1.807, 2.05) is 51.1 Å². The molecule has 28 heavy (non-hydrogen) atoms. The molecule has 1 aliphatic heterocycles. The van der Waals surface area contributed by atoms with Gasteiger partial charge in [0.2, 0.25) is 0 Å². The van der Waals surface area contributed by atoms with Crippen molar-refractivity contribution in [2.75, 3.05) is 26.3 Å². The largest absolute Gasteiger partial charge is 0.445 e. The van der Waals surface area contributed by atoms with Gasteiger partial charge in [-0.25, -0.2) is 9.59 Å². The zero-order chi connectivity index (χ0) is 20.4. The van der Waals surface area contributed by atoms with Gasteiger partial charge in [-0.3, -0.25) is 0 Å². The number of benzene rings is 1. The van der Waals surface area contributed by atoms with E-state index >= 15 is 0 Å². The average molecular weight is 392 g/mol. The number of alkyl carbamates (subject to hydrolysis) is 1. The van der Waals surface area contributed by atoms with Crippen LogP contribution in [-0.2, 0) is 20.8 Å². The van der Waals surface area contributed by atoms with E-state index < -0.39 is 11.7 Å². The lowest BCUT2D eigenvalue weighted by Crippen LogP contribution is -2.46. The lowest BCUT2D eigenvalue weighted by Gasteiger charge is -2.34. The van der Waals surface area contributed by atoms with Crippen LogP contribution in [-0.4, -0.2) is 55.0 Å². The molecule has 0 aromatic heterocycles. The van der Waals surface area contributed by atoms with E-state index in [-0.39, 0.29) is 18.7 Å². The first-order valence-electron chi connectivity index (χ1n) is 9.87. The maximum absolute atomic E-state index is 12.5. The molecule has 2 rings (SSSR count). The van der Waals surface area contributed by atoms with E-state index in [1.165, 1.54) is 0 Å². The summed E-state index contributed by atoms with van der Waals surface area (Å²) in [6, 6.07) is 9.64. The molecule has 1 N–H and O–H groups in total. The minimum absolute atomic E-state index is 0.00134. The molecular weight excluding hydrogens is 360 g/mol. The van der Waals surface area contributed by atoms with Gasteiger partial charge in [-0.2, -0.15) is 0 Å². The van der Waals surface area contributed by atoms with Gasteiger partial charge in [0.15, 0.2) is 0 Å². The molecule has 7 heteroatoms. The van der Waals surface area contributed by atoms with Crippen molar-refractivity contribution in [1.82, 2.24) is 10.2 Å². The van der Waals surface area contributed by atoms with Gasteiger partial charge in [0.1, 0.15) is 12.2 Å². The highest BCUT2D eigenvalue weighted by molar-refractivity contribution is 5.68. The summed E-state index contributed by atoms with van der Waals surface area (Å²) in [6.45, 7) is 7.55.